The van der Waals surface area contributed by atoms with E-state index in [0.717, 1.165) is 30.6 Å². The highest BCUT2D eigenvalue weighted by Gasteiger charge is 2.23. The van der Waals surface area contributed by atoms with Gasteiger partial charge in [0.1, 0.15) is 17.7 Å². The summed E-state index contributed by atoms with van der Waals surface area (Å²) in [5, 5.41) is 3.34. The van der Waals surface area contributed by atoms with Crippen LogP contribution in [0.25, 0.3) is 0 Å². The maximum absolute atomic E-state index is 13.1. The van der Waals surface area contributed by atoms with Crippen molar-refractivity contribution in [3.63, 3.8) is 0 Å². The lowest BCUT2D eigenvalue weighted by atomic mass is 10.0. The predicted octanol–water partition coefficient (Wildman–Crippen LogP) is 3.30. The van der Waals surface area contributed by atoms with Gasteiger partial charge in [0.15, 0.2) is 0 Å². The van der Waals surface area contributed by atoms with Crippen molar-refractivity contribution in [2.75, 3.05) is 7.05 Å². The first-order valence-electron chi connectivity index (χ1n) is 6.85. The van der Waals surface area contributed by atoms with E-state index in [1.54, 1.807) is 12.1 Å². The van der Waals surface area contributed by atoms with Crippen molar-refractivity contribution in [3.05, 3.63) is 29.6 Å². The number of fused-ring (bicyclic) bond motifs is 1. The smallest absolute Gasteiger partial charge is 0.123 e. The van der Waals surface area contributed by atoms with Crippen molar-refractivity contribution < 1.29 is 9.13 Å². The molecule has 3 heteroatoms. The van der Waals surface area contributed by atoms with Crippen molar-refractivity contribution in [2.45, 2.75) is 51.2 Å². The fraction of sp³-hybridized carbons (Fsp3) is 0.600. The third-order valence-corrected chi connectivity index (χ3v) is 3.65. The third kappa shape index (κ3) is 3.22. The summed E-state index contributed by atoms with van der Waals surface area (Å²) in [4.78, 5) is 0. The number of hydrogen-bond acceptors (Lipinski definition) is 2. The molecule has 18 heavy (non-hydrogen) atoms. The molecule has 100 valence electrons. The van der Waals surface area contributed by atoms with Crippen molar-refractivity contribution in [3.8, 4) is 5.75 Å². The monoisotopic (exact) mass is 251 g/mol. The molecule has 0 fully saturated rings. The molecule has 0 saturated heterocycles. The van der Waals surface area contributed by atoms with Crippen molar-refractivity contribution in [2.24, 2.45) is 0 Å². The van der Waals surface area contributed by atoms with Crippen LogP contribution in [0.15, 0.2) is 18.2 Å². The van der Waals surface area contributed by atoms with E-state index in [4.69, 9.17) is 4.74 Å². The van der Waals surface area contributed by atoms with Gasteiger partial charge in [0.25, 0.3) is 0 Å². The van der Waals surface area contributed by atoms with E-state index in [1.165, 1.54) is 18.9 Å². The second kappa shape index (κ2) is 6.19. The normalized spacial score (nSPS) is 19.4. The van der Waals surface area contributed by atoms with E-state index < -0.39 is 0 Å². The Labute approximate surface area is 109 Å². The van der Waals surface area contributed by atoms with E-state index in [1.807, 2.05) is 7.05 Å². The summed E-state index contributed by atoms with van der Waals surface area (Å²) < 4.78 is 18.9. The molecule has 0 bridgehead atoms. The molecule has 1 aliphatic rings. The van der Waals surface area contributed by atoms with Crippen molar-refractivity contribution >= 4 is 0 Å². The zero-order chi connectivity index (χ0) is 13.0. The topological polar surface area (TPSA) is 21.3 Å². The van der Waals surface area contributed by atoms with Crippen LogP contribution in [0.4, 0.5) is 4.39 Å². The van der Waals surface area contributed by atoms with Gasteiger partial charge < -0.3 is 10.1 Å². The van der Waals surface area contributed by atoms with E-state index in [9.17, 15) is 4.39 Å². The van der Waals surface area contributed by atoms with Gasteiger partial charge in [-0.3, -0.25) is 0 Å². The quantitative estimate of drug-likeness (QED) is 0.837. The van der Waals surface area contributed by atoms with Crippen LogP contribution in [-0.4, -0.2) is 19.2 Å². The average Bonchev–Trinajstić information content (AvgIpc) is 2.76. The molecule has 2 atom stereocenters. The first-order chi connectivity index (χ1) is 8.72. The number of benzene rings is 1. The molecule has 2 unspecified atom stereocenters. The molecule has 0 aliphatic carbocycles. The number of nitrogens with one attached hydrogen (secondary N) is 1. The largest absolute Gasteiger partial charge is 0.490 e. The fourth-order valence-electron chi connectivity index (χ4n) is 2.62. The second-order valence-electron chi connectivity index (χ2n) is 5.05. The molecule has 1 aromatic carbocycles. The van der Waals surface area contributed by atoms with Gasteiger partial charge in [0.05, 0.1) is 0 Å². The summed E-state index contributed by atoms with van der Waals surface area (Å²) >= 11 is 0. The summed E-state index contributed by atoms with van der Waals surface area (Å²) in [7, 11) is 2.01. The van der Waals surface area contributed by atoms with Crippen LogP contribution in [0.1, 0.15) is 38.2 Å². The Balaban J connectivity index is 1.84. The molecule has 2 nitrogen and oxygen atoms in total. The highest BCUT2D eigenvalue weighted by atomic mass is 19.1. The molecule has 0 saturated carbocycles. The van der Waals surface area contributed by atoms with Crippen LogP contribution in [0.2, 0.25) is 0 Å². The Morgan fingerprint density at radius 3 is 3.00 bits per heavy atom. The molecule has 1 heterocycles. The minimum atomic E-state index is -0.169. The number of hydrogen-bond donors (Lipinski definition) is 1. The van der Waals surface area contributed by atoms with E-state index in [-0.39, 0.29) is 11.9 Å². The molecule has 1 N–H and O–H groups in total. The summed E-state index contributed by atoms with van der Waals surface area (Å²) in [6, 6.07) is 5.37. The number of ether oxygens (including phenoxy) is 1. The first-order valence-corrected chi connectivity index (χ1v) is 6.85. The SMILES string of the molecule is CCCC(CCC1Cc2cc(F)ccc2O1)NC. The number of rotatable bonds is 6. The minimum Gasteiger partial charge on any atom is -0.490 e. The Kier molecular flexibility index (Phi) is 4.59. The molecular formula is C15H22FNO. The lowest BCUT2D eigenvalue weighted by Gasteiger charge is -2.17. The second-order valence-corrected chi connectivity index (χ2v) is 5.05. The zero-order valence-corrected chi connectivity index (χ0v) is 11.2. The lowest BCUT2D eigenvalue weighted by Crippen LogP contribution is -2.27. The minimum absolute atomic E-state index is 0.169. The van der Waals surface area contributed by atoms with Gasteiger partial charge >= 0.3 is 0 Å². The van der Waals surface area contributed by atoms with Crippen LogP contribution in [-0.2, 0) is 6.42 Å². The first kappa shape index (κ1) is 13.3. The fourth-order valence-corrected chi connectivity index (χ4v) is 2.62. The molecule has 0 spiro atoms. The molecule has 0 amide bonds. The maximum atomic E-state index is 13.1. The van der Waals surface area contributed by atoms with Crippen molar-refractivity contribution in [1.29, 1.82) is 0 Å². The summed E-state index contributed by atoms with van der Waals surface area (Å²) in [5.74, 6) is 0.690. The van der Waals surface area contributed by atoms with Gasteiger partial charge in [-0.2, -0.15) is 0 Å². The zero-order valence-electron chi connectivity index (χ0n) is 11.2. The Hall–Kier alpha value is -1.09. The van der Waals surface area contributed by atoms with Crippen LogP contribution < -0.4 is 10.1 Å². The Bertz CT molecular complexity index is 394. The summed E-state index contributed by atoms with van der Waals surface area (Å²) in [6.45, 7) is 2.20. The molecule has 0 radical (unpaired) electrons. The average molecular weight is 251 g/mol. The summed E-state index contributed by atoms with van der Waals surface area (Å²) in [5.41, 5.74) is 1.01. The maximum Gasteiger partial charge on any atom is 0.123 e. The lowest BCUT2D eigenvalue weighted by molar-refractivity contribution is 0.210. The van der Waals surface area contributed by atoms with E-state index in [2.05, 4.69) is 12.2 Å². The standard InChI is InChI=1S/C15H22FNO/c1-3-4-13(17-2)6-7-14-10-11-9-12(16)5-8-15(11)18-14/h5,8-9,13-14,17H,3-4,6-7,10H2,1-2H3. The van der Waals surface area contributed by atoms with Crippen molar-refractivity contribution in [1.82, 2.24) is 5.32 Å². The highest BCUT2D eigenvalue weighted by molar-refractivity contribution is 5.37. The van der Waals surface area contributed by atoms with Crippen LogP contribution in [0.3, 0.4) is 0 Å². The number of halogens is 1. The van der Waals surface area contributed by atoms with Crippen LogP contribution in [0, 0.1) is 5.82 Å². The van der Waals surface area contributed by atoms with Crippen LogP contribution in [0.5, 0.6) is 5.75 Å². The Morgan fingerprint density at radius 2 is 2.28 bits per heavy atom. The van der Waals surface area contributed by atoms with Gasteiger partial charge in [-0.25, -0.2) is 4.39 Å². The third-order valence-electron chi connectivity index (χ3n) is 3.65. The molecule has 1 aliphatic heterocycles. The van der Waals surface area contributed by atoms with Gasteiger partial charge in [-0.1, -0.05) is 13.3 Å². The predicted molar refractivity (Wildman–Crippen MR) is 71.5 cm³/mol. The van der Waals surface area contributed by atoms with E-state index in [0.29, 0.717) is 6.04 Å². The molecule has 1 aromatic rings. The molecular weight excluding hydrogens is 229 g/mol. The summed E-state index contributed by atoms with van der Waals surface area (Å²) in [6.07, 6.45) is 5.60. The van der Waals surface area contributed by atoms with E-state index >= 15 is 0 Å². The van der Waals surface area contributed by atoms with Crippen LogP contribution >= 0.6 is 0 Å². The van der Waals surface area contributed by atoms with Gasteiger partial charge in [0.2, 0.25) is 0 Å². The Morgan fingerprint density at radius 1 is 1.44 bits per heavy atom. The molecule has 2 rings (SSSR count). The van der Waals surface area contributed by atoms with Gasteiger partial charge in [-0.05, 0) is 44.5 Å². The van der Waals surface area contributed by atoms with Gasteiger partial charge in [-0.15, -0.1) is 0 Å². The highest BCUT2D eigenvalue weighted by Crippen LogP contribution is 2.31. The van der Waals surface area contributed by atoms with Gasteiger partial charge in [0, 0.05) is 18.0 Å². The molecule has 0 aromatic heterocycles.